The fraction of sp³-hybridized carbons (Fsp3) is 0.909. The van der Waals surface area contributed by atoms with Gasteiger partial charge in [-0.1, -0.05) is 90.4 Å². The van der Waals surface area contributed by atoms with Gasteiger partial charge in [0.25, 0.3) is 11.8 Å². The molecule has 0 aromatic rings. The van der Waals surface area contributed by atoms with Crippen molar-refractivity contribution in [1.82, 2.24) is 0 Å². The Hall–Kier alpha value is -1.52. The third-order valence-electron chi connectivity index (χ3n) is 5.32. The summed E-state index contributed by atoms with van der Waals surface area (Å²) in [5, 5.41) is 0. The summed E-state index contributed by atoms with van der Waals surface area (Å²) in [7, 11) is 0. The van der Waals surface area contributed by atoms with Crippen molar-refractivity contribution < 1.29 is 27.2 Å². The summed E-state index contributed by atoms with van der Waals surface area (Å²) >= 11 is 0. The second kappa shape index (κ2) is 17.2. The van der Waals surface area contributed by atoms with Crippen molar-refractivity contribution in [2.75, 3.05) is 13.1 Å². The average Bonchev–Trinajstić information content (AvgIpc) is 2.70. The van der Waals surface area contributed by atoms with E-state index < -0.39 is 37.3 Å². The first kappa shape index (κ1) is 28.5. The van der Waals surface area contributed by atoms with Gasteiger partial charge in [-0.3, -0.25) is 0 Å². The van der Waals surface area contributed by atoms with Gasteiger partial charge in [0.2, 0.25) is 12.2 Å². The number of carbonyl (C=O) groups excluding carboxylic acids is 2. The van der Waals surface area contributed by atoms with Crippen LogP contribution in [0.1, 0.15) is 96.8 Å². The van der Waals surface area contributed by atoms with Crippen molar-refractivity contribution in [3.05, 3.63) is 0 Å². The molecule has 0 bridgehead atoms. The first-order chi connectivity index (χ1) is 14.3. The molecule has 174 valence electrons. The zero-order valence-corrected chi connectivity index (χ0v) is 18.1. The molecule has 0 rings (SSSR count). The third-order valence-corrected chi connectivity index (χ3v) is 5.32. The Morgan fingerprint density at radius 2 is 0.967 bits per heavy atom. The van der Waals surface area contributed by atoms with Crippen LogP contribution in [0, 0.1) is 5.92 Å². The van der Waals surface area contributed by atoms with E-state index in [0.29, 0.717) is 6.42 Å². The van der Waals surface area contributed by atoms with E-state index in [-0.39, 0.29) is 6.42 Å². The number of unbranched alkanes of at least 4 members (excludes halogenated alkanes) is 12. The third kappa shape index (κ3) is 13.7. The van der Waals surface area contributed by atoms with Crippen LogP contribution in [0.25, 0.3) is 0 Å². The topological polar surface area (TPSA) is 58.9 Å². The fourth-order valence-corrected chi connectivity index (χ4v) is 3.59. The van der Waals surface area contributed by atoms with E-state index in [1.54, 1.807) is 0 Å². The number of rotatable bonds is 20. The molecule has 0 saturated carbocycles. The summed E-state index contributed by atoms with van der Waals surface area (Å²) in [4.78, 5) is 25.7. The first-order valence-corrected chi connectivity index (χ1v) is 11.1. The molecule has 0 radical (unpaired) electrons. The van der Waals surface area contributed by atoms with Gasteiger partial charge in [-0.2, -0.15) is 9.98 Å². The molecule has 0 aromatic carbocycles. The maximum Gasteiger partial charge on any atom is 0.276 e. The Balaban J connectivity index is 4.19. The highest BCUT2D eigenvalue weighted by atomic mass is 19.3. The maximum atomic E-state index is 14.2. The molecular weight excluding hydrogens is 400 g/mol. The summed E-state index contributed by atoms with van der Waals surface area (Å²) in [6.07, 6.45) is 15.1. The molecule has 0 saturated heterocycles. The Morgan fingerprint density at radius 1 is 0.633 bits per heavy atom. The van der Waals surface area contributed by atoms with Crippen LogP contribution in [0.4, 0.5) is 17.6 Å². The van der Waals surface area contributed by atoms with Gasteiger partial charge in [-0.25, -0.2) is 27.2 Å². The van der Waals surface area contributed by atoms with E-state index in [2.05, 4.69) is 16.9 Å². The number of isocyanates is 2. The van der Waals surface area contributed by atoms with Crippen LogP contribution in [0.15, 0.2) is 9.98 Å². The number of aliphatic imine (C=N–C) groups is 2. The Bertz CT molecular complexity index is 499. The monoisotopic (exact) mass is 436 g/mol. The van der Waals surface area contributed by atoms with Gasteiger partial charge in [-0.15, -0.1) is 0 Å². The van der Waals surface area contributed by atoms with Gasteiger partial charge in [0.1, 0.15) is 13.1 Å². The van der Waals surface area contributed by atoms with Crippen LogP contribution in [0.5, 0.6) is 0 Å². The Labute approximate surface area is 177 Å². The molecule has 30 heavy (non-hydrogen) atoms. The second-order valence-electron chi connectivity index (χ2n) is 7.92. The van der Waals surface area contributed by atoms with E-state index in [0.717, 1.165) is 37.8 Å². The number of halogens is 4. The van der Waals surface area contributed by atoms with E-state index >= 15 is 0 Å². The molecule has 8 heteroatoms. The first-order valence-electron chi connectivity index (χ1n) is 11.1. The molecule has 0 unspecified atom stereocenters. The molecule has 0 spiro atoms. The summed E-state index contributed by atoms with van der Waals surface area (Å²) in [5.74, 6) is -10.1. The van der Waals surface area contributed by atoms with Crippen LogP contribution >= 0.6 is 0 Å². The van der Waals surface area contributed by atoms with Gasteiger partial charge in [-0.05, 0) is 6.42 Å². The van der Waals surface area contributed by atoms with E-state index in [1.165, 1.54) is 44.9 Å². The molecule has 0 fully saturated rings. The predicted octanol–water partition coefficient (Wildman–Crippen LogP) is 7.03. The largest absolute Gasteiger partial charge is 0.276 e. The summed E-state index contributed by atoms with van der Waals surface area (Å²) in [6, 6.07) is 0. The lowest BCUT2D eigenvalue weighted by Gasteiger charge is -2.31. The molecule has 0 N–H and O–H groups in total. The summed E-state index contributed by atoms with van der Waals surface area (Å²) < 4.78 is 56.6. The van der Waals surface area contributed by atoms with E-state index in [9.17, 15) is 27.2 Å². The van der Waals surface area contributed by atoms with Crippen LogP contribution in [0.2, 0.25) is 0 Å². The lowest BCUT2D eigenvalue weighted by molar-refractivity contribution is -0.164. The molecule has 0 atom stereocenters. The van der Waals surface area contributed by atoms with Crippen LogP contribution < -0.4 is 0 Å². The van der Waals surface area contributed by atoms with Gasteiger partial charge in [0, 0.05) is 0 Å². The lowest BCUT2D eigenvalue weighted by atomic mass is 9.88. The van der Waals surface area contributed by atoms with Crippen molar-refractivity contribution in [3.8, 4) is 0 Å². The van der Waals surface area contributed by atoms with Gasteiger partial charge in [0.05, 0.1) is 5.92 Å². The zero-order valence-electron chi connectivity index (χ0n) is 18.1. The van der Waals surface area contributed by atoms with Crippen molar-refractivity contribution in [2.24, 2.45) is 15.9 Å². The molecule has 0 heterocycles. The van der Waals surface area contributed by atoms with Gasteiger partial charge < -0.3 is 0 Å². The average molecular weight is 437 g/mol. The van der Waals surface area contributed by atoms with Crippen molar-refractivity contribution in [3.63, 3.8) is 0 Å². The van der Waals surface area contributed by atoms with Crippen molar-refractivity contribution in [2.45, 2.75) is 109 Å². The van der Waals surface area contributed by atoms with Crippen molar-refractivity contribution in [1.29, 1.82) is 0 Å². The number of hydrogen-bond donors (Lipinski definition) is 0. The molecule has 0 aliphatic rings. The molecule has 0 aromatic heterocycles. The molecule has 0 aliphatic carbocycles. The smallest absolute Gasteiger partial charge is 0.211 e. The second-order valence-corrected chi connectivity index (χ2v) is 7.92. The van der Waals surface area contributed by atoms with E-state index in [4.69, 9.17) is 0 Å². The van der Waals surface area contributed by atoms with Crippen LogP contribution in [0.3, 0.4) is 0 Å². The molecule has 4 nitrogen and oxygen atoms in total. The van der Waals surface area contributed by atoms with Gasteiger partial charge >= 0.3 is 0 Å². The number of hydrogen-bond acceptors (Lipinski definition) is 4. The summed E-state index contributed by atoms with van der Waals surface area (Å²) in [6.45, 7) is -0.498. The Morgan fingerprint density at radius 3 is 1.30 bits per heavy atom. The minimum atomic E-state index is -3.88. The lowest BCUT2D eigenvalue weighted by Crippen LogP contribution is -2.45. The molecule has 0 aliphatic heterocycles. The maximum absolute atomic E-state index is 14.2. The standard InChI is InChI=1S/C22H36F4N2O2/c1-2-3-4-5-6-7-8-9-10-11-12-13-14-15-20(21(23,24)16-27-18-29)22(25,26)17-28-19-30/h20H,2-17H2,1H3. The molecular formula is C22H36F4N2O2. The van der Waals surface area contributed by atoms with Crippen LogP contribution in [-0.2, 0) is 9.59 Å². The van der Waals surface area contributed by atoms with Crippen LogP contribution in [-0.4, -0.2) is 37.1 Å². The van der Waals surface area contributed by atoms with E-state index in [1.807, 2.05) is 0 Å². The zero-order chi connectivity index (χ0) is 22.7. The SMILES string of the molecule is CCCCCCCCCCCCCCCC(C(F)(F)CN=C=O)C(F)(F)CN=C=O. The quantitative estimate of drug-likeness (QED) is 0.0890. The number of nitrogens with zero attached hydrogens (tertiary/aromatic N) is 2. The normalized spacial score (nSPS) is 12.8. The fourth-order valence-electron chi connectivity index (χ4n) is 3.59. The summed E-state index contributed by atoms with van der Waals surface area (Å²) in [5.41, 5.74) is 0. The molecule has 0 amide bonds. The number of alkyl halides is 4. The minimum absolute atomic E-state index is 0.211. The highest BCUT2D eigenvalue weighted by Gasteiger charge is 2.53. The van der Waals surface area contributed by atoms with Gasteiger partial charge in [0.15, 0.2) is 0 Å². The highest BCUT2D eigenvalue weighted by Crippen LogP contribution is 2.41. The minimum Gasteiger partial charge on any atom is -0.211 e. The predicted molar refractivity (Wildman–Crippen MR) is 110 cm³/mol. The Kier molecular flexibility index (Phi) is 16.3. The highest BCUT2D eigenvalue weighted by molar-refractivity contribution is 5.33. The van der Waals surface area contributed by atoms with Crippen molar-refractivity contribution >= 4 is 12.2 Å².